The van der Waals surface area contributed by atoms with Crippen LogP contribution in [0.5, 0.6) is 0 Å². The first-order valence-electron chi connectivity index (χ1n) is 11.7. The number of hydrogen-bond acceptors (Lipinski definition) is 4. The van der Waals surface area contributed by atoms with Crippen molar-refractivity contribution < 1.29 is 14.3 Å². The molecule has 0 bridgehead atoms. The smallest absolute Gasteiger partial charge is 0.328 e. The van der Waals surface area contributed by atoms with Crippen molar-refractivity contribution in [3.05, 3.63) is 0 Å². The van der Waals surface area contributed by atoms with Crippen LogP contribution in [0.15, 0.2) is 0 Å². The minimum atomic E-state index is -0.536. The van der Waals surface area contributed by atoms with E-state index in [2.05, 4.69) is 12.2 Å². The molecule has 0 aromatic rings. The largest absolute Gasteiger partial charge is 0.467 e. The van der Waals surface area contributed by atoms with Gasteiger partial charge in [-0.25, -0.2) is 4.79 Å². The quantitative estimate of drug-likeness (QED) is 0.191. The van der Waals surface area contributed by atoms with Gasteiger partial charge in [0.15, 0.2) is 0 Å². The molecule has 6 heteroatoms. The summed E-state index contributed by atoms with van der Waals surface area (Å²) in [6, 6.07) is -0.536. The lowest BCUT2D eigenvalue weighted by atomic mass is 10.0. The summed E-state index contributed by atoms with van der Waals surface area (Å²) < 4.78 is 4.78. The molecule has 0 spiro atoms. The highest BCUT2D eigenvalue weighted by molar-refractivity contribution is 5.85. The summed E-state index contributed by atoms with van der Waals surface area (Å²) in [4.78, 5) is 23.8. The predicted octanol–water partition coefficient (Wildman–Crippen LogP) is 5.68. The molecule has 0 aliphatic heterocycles. The van der Waals surface area contributed by atoms with E-state index in [4.69, 9.17) is 10.5 Å². The number of ether oxygens (including phenoxy) is 1. The number of halogens is 1. The minimum Gasteiger partial charge on any atom is -0.467 e. The zero-order chi connectivity index (χ0) is 20.9. The molecule has 3 N–H and O–H groups in total. The van der Waals surface area contributed by atoms with Gasteiger partial charge in [-0.3, -0.25) is 4.79 Å². The molecule has 0 radical (unpaired) electrons. The molecular formula is C23H47ClN2O3. The van der Waals surface area contributed by atoms with E-state index in [-0.39, 0.29) is 24.3 Å². The van der Waals surface area contributed by atoms with Gasteiger partial charge in [0, 0.05) is 6.42 Å². The highest BCUT2D eigenvalue weighted by Crippen LogP contribution is 2.13. The summed E-state index contributed by atoms with van der Waals surface area (Å²) in [6.45, 7) is 2.86. The fraction of sp³-hybridized carbons (Fsp3) is 0.913. The topological polar surface area (TPSA) is 81.4 Å². The van der Waals surface area contributed by atoms with Crippen LogP contribution < -0.4 is 11.1 Å². The molecule has 0 aliphatic rings. The molecule has 0 saturated heterocycles. The Morgan fingerprint density at radius 2 is 1.28 bits per heavy atom. The Morgan fingerprint density at radius 1 is 0.793 bits per heavy atom. The minimum absolute atomic E-state index is 0. The lowest BCUT2D eigenvalue weighted by Crippen LogP contribution is -2.41. The van der Waals surface area contributed by atoms with Gasteiger partial charge in [0.05, 0.1) is 7.11 Å². The van der Waals surface area contributed by atoms with Crippen LogP contribution in [-0.4, -0.2) is 31.6 Å². The molecule has 29 heavy (non-hydrogen) atoms. The highest BCUT2D eigenvalue weighted by Gasteiger charge is 2.20. The van der Waals surface area contributed by atoms with Crippen molar-refractivity contribution in [2.75, 3.05) is 13.7 Å². The third kappa shape index (κ3) is 20.2. The Hall–Kier alpha value is -0.810. The SMILES string of the molecule is CCCCCCCCCCCCCCCC(=O)NC(CCCCN)C(=O)OC.Cl. The average Bonchev–Trinajstić information content (AvgIpc) is 2.70. The van der Waals surface area contributed by atoms with E-state index in [0.717, 1.165) is 25.7 Å². The first-order chi connectivity index (χ1) is 13.7. The van der Waals surface area contributed by atoms with Crippen LogP contribution in [-0.2, 0) is 14.3 Å². The normalized spacial score (nSPS) is 11.6. The Morgan fingerprint density at radius 3 is 1.72 bits per heavy atom. The van der Waals surface area contributed by atoms with Crippen molar-refractivity contribution >= 4 is 24.3 Å². The van der Waals surface area contributed by atoms with Crippen molar-refractivity contribution in [3.8, 4) is 0 Å². The van der Waals surface area contributed by atoms with E-state index in [1.165, 1.54) is 77.7 Å². The van der Waals surface area contributed by atoms with Crippen molar-refractivity contribution in [2.45, 2.75) is 122 Å². The summed E-state index contributed by atoms with van der Waals surface area (Å²) in [5.41, 5.74) is 5.48. The van der Waals surface area contributed by atoms with E-state index in [1.807, 2.05) is 0 Å². The number of esters is 1. The highest BCUT2D eigenvalue weighted by atomic mass is 35.5. The van der Waals surface area contributed by atoms with Crippen molar-refractivity contribution in [1.29, 1.82) is 0 Å². The molecular weight excluding hydrogens is 388 g/mol. The van der Waals surface area contributed by atoms with E-state index in [1.54, 1.807) is 0 Å². The van der Waals surface area contributed by atoms with Gasteiger partial charge in [0.2, 0.25) is 5.91 Å². The monoisotopic (exact) mass is 434 g/mol. The van der Waals surface area contributed by atoms with E-state index >= 15 is 0 Å². The van der Waals surface area contributed by atoms with Gasteiger partial charge in [-0.1, -0.05) is 84.0 Å². The molecule has 0 rings (SSSR count). The number of rotatable bonds is 20. The summed E-state index contributed by atoms with van der Waals surface area (Å²) in [5, 5.41) is 2.82. The second kappa shape index (κ2) is 23.5. The second-order valence-corrected chi connectivity index (χ2v) is 7.92. The van der Waals surface area contributed by atoms with Gasteiger partial charge in [-0.05, 0) is 32.2 Å². The number of carbonyl (C=O) groups is 2. The number of nitrogens with one attached hydrogen (secondary N) is 1. The molecule has 0 aromatic carbocycles. The van der Waals surface area contributed by atoms with Crippen LogP contribution in [0.2, 0.25) is 0 Å². The van der Waals surface area contributed by atoms with Crippen LogP contribution in [0.4, 0.5) is 0 Å². The van der Waals surface area contributed by atoms with Gasteiger partial charge in [-0.15, -0.1) is 12.4 Å². The number of nitrogens with two attached hydrogens (primary N) is 1. The zero-order valence-corrected chi connectivity index (χ0v) is 19.8. The molecule has 1 atom stereocenters. The fourth-order valence-corrected chi connectivity index (χ4v) is 3.45. The molecule has 1 amide bonds. The molecule has 0 saturated carbocycles. The van der Waals surface area contributed by atoms with E-state index in [9.17, 15) is 9.59 Å². The molecule has 0 aliphatic carbocycles. The van der Waals surface area contributed by atoms with Crippen LogP contribution >= 0.6 is 12.4 Å². The van der Waals surface area contributed by atoms with Crippen molar-refractivity contribution in [3.63, 3.8) is 0 Å². The third-order valence-corrected chi connectivity index (χ3v) is 5.28. The zero-order valence-electron chi connectivity index (χ0n) is 19.0. The lowest BCUT2D eigenvalue weighted by molar-refractivity contribution is -0.145. The lowest BCUT2D eigenvalue weighted by Gasteiger charge is -2.16. The maximum atomic E-state index is 12.1. The molecule has 0 heterocycles. The van der Waals surface area contributed by atoms with E-state index < -0.39 is 6.04 Å². The van der Waals surface area contributed by atoms with Crippen molar-refractivity contribution in [2.24, 2.45) is 5.73 Å². The van der Waals surface area contributed by atoms with E-state index in [0.29, 0.717) is 19.4 Å². The molecule has 1 unspecified atom stereocenters. The molecule has 5 nitrogen and oxygen atoms in total. The Bertz CT molecular complexity index is 381. The maximum Gasteiger partial charge on any atom is 0.328 e. The van der Waals surface area contributed by atoms with Crippen LogP contribution in [0.25, 0.3) is 0 Å². The van der Waals surface area contributed by atoms with Gasteiger partial charge < -0.3 is 15.8 Å². The van der Waals surface area contributed by atoms with Crippen LogP contribution in [0.1, 0.15) is 116 Å². The Labute approximate surface area is 185 Å². The first kappa shape index (κ1) is 30.4. The number of unbranched alkanes of at least 4 members (excludes halogenated alkanes) is 13. The maximum absolute atomic E-state index is 12.1. The van der Waals surface area contributed by atoms with Gasteiger partial charge >= 0.3 is 5.97 Å². The summed E-state index contributed by atoms with van der Waals surface area (Å²) in [7, 11) is 1.36. The number of hydrogen-bond donors (Lipinski definition) is 2. The average molecular weight is 435 g/mol. The number of carbonyl (C=O) groups excluding carboxylic acids is 2. The third-order valence-electron chi connectivity index (χ3n) is 5.28. The second-order valence-electron chi connectivity index (χ2n) is 7.92. The summed E-state index contributed by atoms with van der Waals surface area (Å²) in [6.07, 6.45) is 19.5. The number of methoxy groups -OCH3 is 1. The molecule has 0 aromatic heterocycles. The van der Waals surface area contributed by atoms with Gasteiger partial charge in [0.25, 0.3) is 0 Å². The van der Waals surface area contributed by atoms with Crippen molar-refractivity contribution in [1.82, 2.24) is 5.32 Å². The predicted molar refractivity (Wildman–Crippen MR) is 124 cm³/mol. The summed E-state index contributed by atoms with van der Waals surface area (Å²) in [5.74, 6) is -0.415. The van der Waals surface area contributed by atoms with Crippen LogP contribution in [0.3, 0.4) is 0 Å². The van der Waals surface area contributed by atoms with Gasteiger partial charge in [-0.2, -0.15) is 0 Å². The Kier molecular flexibility index (Phi) is 24.6. The standard InChI is InChI=1S/C23H46N2O3.ClH/c1-3-4-5-6-7-8-9-10-11-12-13-14-15-19-22(26)25-21(23(27)28-2)18-16-17-20-24;/h21H,3-20,24H2,1-2H3,(H,25,26);1H. The summed E-state index contributed by atoms with van der Waals surface area (Å²) >= 11 is 0. The van der Waals surface area contributed by atoms with Gasteiger partial charge in [0.1, 0.15) is 6.04 Å². The van der Waals surface area contributed by atoms with Crippen LogP contribution in [0, 0.1) is 0 Å². The Balaban J connectivity index is 0. The number of amides is 1. The molecule has 174 valence electrons. The molecule has 0 fully saturated rings. The fourth-order valence-electron chi connectivity index (χ4n) is 3.45. The first-order valence-corrected chi connectivity index (χ1v) is 11.7.